The number of carbonyl (C=O) groups is 1. The van der Waals surface area contributed by atoms with Gasteiger partial charge in [0.2, 0.25) is 0 Å². The maximum Gasteiger partial charge on any atom is 0.317 e. The molecule has 1 saturated heterocycles. The monoisotopic (exact) mass is 487 g/mol. The van der Waals surface area contributed by atoms with Crippen molar-refractivity contribution in [3.8, 4) is 11.6 Å². The fourth-order valence-electron chi connectivity index (χ4n) is 4.19. The molecule has 2 aromatic heterocycles. The highest BCUT2D eigenvalue weighted by Gasteiger charge is 2.28. The Kier molecular flexibility index (Phi) is 5.76. The first-order valence-electron chi connectivity index (χ1n) is 11.3. The Bertz CT molecular complexity index is 1380. The molecule has 0 bridgehead atoms. The zero-order valence-electron chi connectivity index (χ0n) is 18.6. The molecule has 2 aliphatic heterocycles. The smallest absolute Gasteiger partial charge is 0.317 e. The predicted octanol–water partition coefficient (Wildman–Crippen LogP) is 2.83. The normalized spacial score (nSPS) is 18.1. The van der Waals surface area contributed by atoms with Crippen molar-refractivity contribution in [2.45, 2.75) is 12.6 Å². The topological polar surface area (TPSA) is 119 Å². The molecular weight excluding hydrogens is 466 g/mol. The predicted molar refractivity (Wildman–Crippen MR) is 131 cm³/mol. The van der Waals surface area contributed by atoms with E-state index in [0.29, 0.717) is 37.8 Å². The van der Waals surface area contributed by atoms with E-state index in [2.05, 4.69) is 29.2 Å². The average Bonchev–Trinajstić information content (AvgIpc) is 3.55. The van der Waals surface area contributed by atoms with Gasteiger partial charge in [-0.1, -0.05) is 59.7 Å². The third kappa shape index (κ3) is 4.31. The lowest BCUT2D eigenvalue weighted by molar-refractivity contribution is -0.119. The van der Waals surface area contributed by atoms with Crippen molar-refractivity contribution in [2.75, 3.05) is 36.5 Å². The highest BCUT2D eigenvalue weighted by molar-refractivity contribution is 6.99. The fourth-order valence-corrected chi connectivity index (χ4v) is 4.76. The number of carbonyl (C=O) groups excluding carboxylic acids is 1. The van der Waals surface area contributed by atoms with Crippen LogP contribution in [0.15, 0.2) is 64.0 Å². The number of rotatable bonds is 5. The lowest BCUT2D eigenvalue weighted by Gasteiger charge is -2.26. The van der Waals surface area contributed by atoms with E-state index in [4.69, 9.17) is 14.1 Å². The number of ketones is 1. The number of ether oxygens (including phenoxy) is 1. The summed E-state index contributed by atoms with van der Waals surface area (Å²) in [5.74, 6) is 0.839. The summed E-state index contributed by atoms with van der Waals surface area (Å²) in [7, 11) is 0. The van der Waals surface area contributed by atoms with Crippen LogP contribution in [0.25, 0.3) is 11.6 Å². The molecule has 0 amide bonds. The third-order valence-electron chi connectivity index (χ3n) is 5.92. The fraction of sp³-hybridized carbons (Fsp3) is 0.250. The zero-order chi connectivity index (χ0) is 23.6. The van der Waals surface area contributed by atoms with Gasteiger partial charge in [-0.15, -0.1) is 5.10 Å². The van der Waals surface area contributed by atoms with Crippen LogP contribution in [0.1, 0.15) is 16.7 Å². The minimum absolute atomic E-state index is 0.0903. The third-order valence-corrected chi connectivity index (χ3v) is 6.44. The van der Waals surface area contributed by atoms with E-state index in [0.717, 1.165) is 34.1 Å². The first-order valence-corrected chi connectivity index (χ1v) is 12.0. The van der Waals surface area contributed by atoms with Gasteiger partial charge in [-0.3, -0.25) is 9.79 Å². The van der Waals surface area contributed by atoms with Gasteiger partial charge in [0.15, 0.2) is 23.5 Å². The molecule has 0 saturated carbocycles. The van der Waals surface area contributed by atoms with Crippen LogP contribution in [0.5, 0.6) is 0 Å². The van der Waals surface area contributed by atoms with Crippen molar-refractivity contribution in [2.24, 2.45) is 4.99 Å². The minimum Gasteiger partial charge on any atom is -0.401 e. The summed E-state index contributed by atoms with van der Waals surface area (Å²) in [5, 5.41) is 11.3. The number of benzene rings is 2. The second-order valence-corrected chi connectivity index (χ2v) is 8.67. The van der Waals surface area contributed by atoms with Crippen LogP contribution in [-0.4, -0.2) is 62.9 Å². The van der Waals surface area contributed by atoms with Crippen LogP contribution >= 0.6 is 11.7 Å². The van der Waals surface area contributed by atoms with E-state index in [1.54, 1.807) is 0 Å². The Hall–Kier alpha value is -3.96. The van der Waals surface area contributed by atoms with E-state index >= 15 is 0 Å². The first-order chi connectivity index (χ1) is 17.3. The van der Waals surface area contributed by atoms with Crippen LogP contribution in [0, 0.1) is 0 Å². The van der Waals surface area contributed by atoms with Crippen molar-refractivity contribution in [1.29, 1.82) is 0 Å². The number of nitrogens with one attached hydrogen (secondary N) is 1. The summed E-state index contributed by atoms with van der Waals surface area (Å²) < 4.78 is 20.1. The van der Waals surface area contributed by atoms with Crippen molar-refractivity contribution < 1.29 is 13.9 Å². The molecule has 0 spiro atoms. The Morgan fingerprint density at radius 2 is 1.77 bits per heavy atom. The number of Topliss-reactive ketones (excluding diaryl/α,β-unsaturated/α-hetero) is 1. The average molecular weight is 488 g/mol. The summed E-state index contributed by atoms with van der Waals surface area (Å²) in [6.07, 6.45) is -0.635. The van der Waals surface area contributed by atoms with Gasteiger partial charge in [0, 0.05) is 30.6 Å². The van der Waals surface area contributed by atoms with Gasteiger partial charge in [-0.05, 0) is 5.56 Å². The molecule has 4 aromatic rings. The van der Waals surface area contributed by atoms with E-state index in [1.807, 2.05) is 54.6 Å². The Balaban J connectivity index is 1.30. The molecule has 0 unspecified atom stereocenters. The summed E-state index contributed by atoms with van der Waals surface area (Å²) in [4.78, 5) is 20.0. The lowest BCUT2D eigenvalue weighted by atomic mass is 9.96. The SMILES string of the molecule is O=C1Cc2ccccc2C(c2ccccc2)=N[C@@H]1Nc1nnc(-c2nsnc2N2CCOCC2)o1. The van der Waals surface area contributed by atoms with Crippen LogP contribution in [0.4, 0.5) is 11.8 Å². The van der Waals surface area contributed by atoms with E-state index in [-0.39, 0.29) is 24.1 Å². The minimum atomic E-state index is -0.877. The van der Waals surface area contributed by atoms with Crippen LogP contribution in [0.2, 0.25) is 0 Å². The summed E-state index contributed by atoms with van der Waals surface area (Å²) >= 11 is 1.09. The molecular formula is C24H21N7O3S. The van der Waals surface area contributed by atoms with Crippen LogP contribution < -0.4 is 10.2 Å². The first kappa shape index (κ1) is 21.6. The van der Waals surface area contributed by atoms with Crippen LogP contribution in [0.3, 0.4) is 0 Å². The summed E-state index contributed by atoms with van der Waals surface area (Å²) in [5.41, 5.74) is 4.05. The van der Waals surface area contributed by atoms with Crippen molar-refractivity contribution >= 4 is 35.1 Å². The van der Waals surface area contributed by atoms with E-state index < -0.39 is 6.17 Å². The molecule has 11 heteroatoms. The summed E-state index contributed by atoms with van der Waals surface area (Å²) in [6, 6.07) is 17.8. The molecule has 35 heavy (non-hydrogen) atoms. The maximum absolute atomic E-state index is 13.2. The molecule has 2 aromatic carbocycles. The molecule has 2 aliphatic rings. The molecule has 1 atom stereocenters. The summed E-state index contributed by atoms with van der Waals surface area (Å²) in [6.45, 7) is 2.68. The second kappa shape index (κ2) is 9.35. The zero-order valence-corrected chi connectivity index (χ0v) is 19.4. The number of aliphatic imine (C=N–C) groups is 1. The largest absolute Gasteiger partial charge is 0.401 e. The van der Waals surface area contributed by atoms with Gasteiger partial charge in [0.05, 0.1) is 30.7 Å². The van der Waals surface area contributed by atoms with Gasteiger partial charge in [0.1, 0.15) is 0 Å². The number of hydrogen-bond acceptors (Lipinski definition) is 11. The second-order valence-electron chi connectivity index (χ2n) is 8.14. The van der Waals surface area contributed by atoms with E-state index in [9.17, 15) is 4.79 Å². The highest BCUT2D eigenvalue weighted by atomic mass is 32.1. The Morgan fingerprint density at radius 1 is 0.971 bits per heavy atom. The van der Waals surface area contributed by atoms with E-state index in [1.165, 1.54) is 0 Å². The molecule has 176 valence electrons. The Labute approximate surface area is 205 Å². The molecule has 1 N–H and O–H groups in total. The molecule has 1 fully saturated rings. The van der Waals surface area contributed by atoms with Crippen molar-refractivity contribution in [3.05, 3.63) is 71.3 Å². The van der Waals surface area contributed by atoms with Crippen molar-refractivity contribution in [3.63, 3.8) is 0 Å². The Morgan fingerprint density at radius 3 is 2.63 bits per heavy atom. The molecule has 4 heterocycles. The number of aromatic nitrogens is 4. The number of fused-ring (bicyclic) bond motifs is 1. The number of anilines is 2. The van der Waals surface area contributed by atoms with Gasteiger partial charge < -0.3 is 19.4 Å². The van der Waals surface area contributed by atoms with Gasteiger partial charge >= 0.3 is 6.01 Å². The van der Waals surface area contributed by atoms with Gasteiger partial charge in [-0.25, -0.2) is 0 Å². The van der Waals surface area contributed by atoms with Crippen LogP contribution in [-0.2, 0) is 16.0 Å². The number of nitrogens with zero attached hydrogens (tertiary/aromatic N) is 6. The molecule has 10 nitrogen and oxygen atoms in total. The number of morpholine rings is 1. The molecule has 0 aliphatic carbocycles. The van der Waals surface area contributed by atoms with Gasteiger partial charge in [-0.2, -0.15) is 8.75 Å². The highest BCUT2D eigenvalue weighted by Crippen LogP contribution is 2.30. The van der Waals surface area contributed by atoms with Crippen molar-refractivity contribution in [1.82, 2.24) is 18.9 Å². The quantitative estimate of drug-likeness (QED) is 0.453. The maximum atomic E-state index is 13.2. The number of hydrogen-bond donors (Lipinski definition) is 1. The van der Waals surface area contributed by atoms with Gasteiger partial charge in [0.25, 0.3) is 5.89 Å². The molecule has 0 radical (unpaired) electrons. The lowest BCUT2D eigenvalue weighted by Crippen LogP contribution is -2.36. The standard InChI is InChI=1S/C24H21N7O3S/c32-18-14-16-8-4-5-9-17(16)19(15-6-2-1-3-7-15)25-21(18)26-24-28-27-23(34-24)20-22(30-35-29-20)31-10-12-33-13-11-31/h1-9,21H,10-14H2,(H,26,28)/t21-/m1/s1. The molecule has 6 rings (SSSR count).